The molecule has 0 aliphatic carbocycles. The zero-order valence-electron chi connectivity index (χ0n) is 18.7. The third kappa shape index (κ3) is 4.66. The second kappa shape index (κ2) is 8.99. The van der Waals surface area contributed by atoms with Gasteiger partial charge >= 0.3 is 0 Å². The Hall–Kier alpha value is -2.03. The van der Waals surface area contributed by atoms with E-state index in [2.05, 4.69) is 33.9 Å². The summed E-state index contributed by atoms with van der Waals surface area (Å²) >= 11 is 0. The molecule has 8 heteroatoms. The Balaban J connectivity index is 1.34. The lowest BCUT2D eigenvalue weighted by Crippen LogP contribution is -2.52. The Kier molecular flexibility index (Phi) is 6.36. The van der Waals surface area contributed by atoms with Crippen LogP contribution in [0.4, 0.5) is 0 Å². The lowest BCUT2D eigenvalue weighted by Gasteiger charge is -2.38. The molecule has 0 bridgehead atoms. The van der Waals surface area contributed by atoms with Crippen LogP contribution in [0.2, 0.25) is 0 Å². The fourth-order valence-corrected chi connectivity index (χ4v) is 4.57. The van der Waals surface area contributed by atoms with Crippen LogP contribution in [0.5, 0.6) is 0 Å². The molecule has 1 amide bonds. The molecule has 2 aliphatic rings. The van der Waals surface area contributed by atoms with E-state index >= 15 is 0 Å². The molecule has 4 rings (SSSR count). The molecular weight excluding hydrogens is 380 g/mol. The van der Waals surface area contributed by atoms with E-state index in [0.29, 0.717) is 32.5 Å². The average Bonchev–Trinajstić information content (AvgIpc) is 3.10. The molecule has 0 saturated carbocycles. The number of nitrogens with zero attached hydrogens (tertiary/aromatic N) is 6. The van der Waals surface area contributed by atoms with Gasteiger partial charge < -0.3 is 14.5 Å². The summed E-state index contributed by atoms with van der Waals surface area (Å²) in [4.78, 5) is 24.4. The van der Waals surface area contributed by atoms with Gasteiger partial charge in [-0.3, -0.25) is 9.69 Å². The average molecular weight is 415 g/mol. The number of carbonyl (C=O) groups excluding carboxylic acids is 1. The molecule has 164 valence electrons. The monoisotopic (exact) mass is 414 g/mol. The van der Waals surface area contributed by atoms with E-state index in [0.717, 1.165) is 61.0 Å². The van der Waals surface area contributed by atoms with Gasteiger partial charge in [0.25, 0.3) is 0 Å². The Morgan fingerprint density at radius 1 is 1.17 bits per heavy atom. The van der Waals surface area contributed by atoms with Crippen molar-refractivity contribution >= 4 is 11.6 Å². The molecule has 2 aliphatic heterocycles. The highest BCUT2D eigenvalue weighted by Crippen LogP contribution is 2.18. The van der Waals surface area contributed by atoms with Crippen LogP contribution in [-0.4, -0.2) is 101 Å². The van der Waals surface area contributed by atoms with Crippen LogP contribution in [0, 0.1) is 20.8 Å². The van der Waals surface area contributed by atoms with Crippen LogP contribution < -0.4 is 0 Å². The van der Waals surface area contributed by atoms with Gasteiger partial charge in [-0.1, -0.05) is 0 Å². The highest BCUT2D eigenvalue weighted by atomic mass is 16.5. The summed E-state index contributed by atoms with van der Waals surface area (Å²) in [6.45, 7) is 13.3. The molecule has 0 aromatic carbocycles. The van der Waals surface area contributed by atoms with E-state index in [1.54, 1.807) is 0 Å². The first-order valence-electron chi connectivity index (χ1n) is 11.0. The molecule has 2 aromatic heterocycles. The molecule has 4 heterocycles. The minimum atomic E-state index is 0.111. The number of morpholine rings is 1. The first-order chi connectivity index (χ1) is 14.4. The van der Waals surface area contributed by atoms with Crippen molar-refractivity contribution in [1.29, 1.82) is 0 Å². The van der Waals surface area contributed by atoms with Crippen LogP contribution in [0.3, 0.4) is 0 Å². The van der Waals surface area contributed by atoms with Crippen molar-refractivity contribution in [2.75, 3.05) is 59.5 Å². The van der Waals surface area contributed by atoms with Gasteiger partial charge in [-0.05, 0) is 39.8 Å². The molecule has 0 N–H and O–H groups in total. The minimum Gasteiger partial charge on any atom is -0.373 e. The highest BCUT2D eigenvalue weighted by molar-refractivity contribution is 5.76. The fraction of sp³-hybridized carbons (Fsp3) is 0.682. The summed E-state index contributed by atoms with van der Waals surface area (Å²) < 4.78 is 7.86. The van der Waals surface area contributed by atoms with Gasteiger partial charge in [0.05, 0.1) is 18.4 Å². The van der Waals surface area contributed by atoms with Gasteiger partial charge in [0, 0.05) is 69.7 Å². The zero-order valence-corrected chi connectivity index (χ0v) is 18.7. The molecule has 8 nitrogen and oxygen atoms in total. The second-order valence-corrected chi connectivity index (χ2v) is 8.75. The molecule has 2 aromatic rings. The summed E-state index contributed by atoms with van der Waals surface area (Å²) in [6, 6.07) is 1.99. The normalized spacial score (nSPS) is 21.5. The fourth-order valence-electron chi connectivity index (χ4n) is 4.57. The van der Waals surface area contributed by atoms with Gasteiger partial charge in [0.1, 0.15) is 0 Å². The molecule has 1 atom stereocenters. The van der Waals surface area contributed by atoms with E-state index < -0.39 is 0 Å². The number of fused-ring (bicyclic) bond motifs is 1. The predicted octanol–water partition coefficient (Wildman–Crippen LogP) is 1.06. The van der Waals surface area contributed by atoms with Crippen molar-refractivity contribution in [1.82, 2.24) is 29.3 Å². The van der Waals surface area contributed by atoms with E-state index in [1.165, 1.54) is 0 Å². The number of aromatic nitrogens is 3. The first kappa shape index (κ1) is 21.2. The number of aryl methyl sites for hydroxylation is 3. The minimum absolute atomic E-state index is 0.111. The molecule has 0 radical (unpaired) electrons. The number of carbonyl (C=O) groups is 1. The Morgan fingerprint density at radius 3 is 2.70 bits per heavy atom. The largest absolute Gasteiger partial charge is 0.373 e. The van der Waals surface area contributed by atoms with Crippen molar-refractivity contribution in [3.63, 3.8) is 0 Å². The van der Waals surface area contributed by atoms with Crippen molar-refractivity contribution in [3.05, 3.63) is 28.7 Å². The third-order valence-electron chi connectivity index (χ3n) is 6.42. The maximum absolute atomic E-state index is 12.9. The standard InChI is InChI=1S/C22H34N6O2/c1-16-13-21-23-17(2)20(18(3)28(21)24-16)5-6-22(29)27-11-12-30-19(15-27)14-26-9-7-25(4)8-10-26/h13,19H,5-12,14-15H2,1-4H3. The van der Waals surface area contributed by atoms with E-state index in [4.69, 9.17) is 4.74 Å². The quantitative estimate of drug-likeness (QED) is 0.729. The van der Waals surface area contributed by atoms with Gasteiger partial charge in [0.2, 0.25) is 5.91 Å². The Bertz CT molecular complexity index is 903. The van der Waals surface area contributed by atoms with Crippen LogP contribution in [0.25, 0.3) is 5.65 Å². The van der Waals surface area contributed by atoms with Crippen LogP contribution >= 0.6 is 0 Å². The van der Waals surface area contributed by atoms with E-state index in [-0.39, 0.29) is 12.0 Å². The molecule has 2 fully saturated rings. The summed E-state index contributed by atoms with van der Waals surface area (Å²) in [5.74, 6) is 0.206. The number of likely N-dealkylation sites (N-methyl/N-ethyl adjacent to an activating group) is 1. The lowest BCUT2D eigenvalue weighted by molar-refractivity contribution is -0.139. The van der Waals surface area contributed by atoms with Crippen LogP contribution in [-0.2, 0) is 16.0 Å². The lowest BCUT2D eigenvalue weighted by atomic mass is 10.1. The van der Waals surface area contributed by atoms with Crippen molar-refractivity contribution in [2.45, 2.75) is 39.7 Å². The van der Waals surface area contributed by atoms with Gasteiger partial charge in [-0.15, -0.1) is 0 Å². The second-order valence-electron chi connectivity index (χ2n) is 8.75. The molecule has 0 spiro atoms. The SMILES string of the molecule is Cc1cc2nc(C)c(CCC(=O)N3CCOC(CN4CCN(C)CC4)C3)c(C)n2n1. The molecular formula is C22H34N6O2. The van der Waals surface area contributed by atoms with Crippen molar-refractivity contribution in [3.8, 4) is 0 Å². The maximum atomic E-state index is 12.9. The van der Waals surface area contributed by atoms with Gasteiger partial charge in [-0.2, -0.15) is 5.10 Å². The first-order valence-corrected chi connectivity index (χ1v) is 11.0. The van der Waals surface area contributed by atoms with Crippen LogP contribution in [0.1, 0.15) is 29.1 Å². The van der Waals surface area contributed by atoms with E-state index in [9.17, 15) is 4.79 Å². The number of hydrogen-bond acceptors (Lipinski definition) is 6. The highest BCUT2D eigenvalue weighted by Gasteiger charge is 2.27. The smallest absolute Gasteiger partial charge is 0.223 e. The summed E-state index contributed by atoms with van der Waals surface area (Å²) in [7, 11) is 2.17. The van der Waals surface area contributed by atoms with Gasteiger partial charge in [0.15, 0.2) is 5.65 Å². The summed E-state index contributed by atoms with van der Waals surface area (Å²) in [5, 5.41) is 4.54. The zero-order chi connectivity index (χ0) is 21.3. The molecule has 30 heavy (non-hydrogen) atoms. The van der Waals surface area contributed by atoms with Gasteiger partial charge in [-0.25, -0.2) is 9.50 Å². The maximum Gasteiger partial charge on any atom is 0.223 e. The van der Waals surface area contributed by atoms with Crippen molar-refractivity contribution < 1.29 is 9.53 Å². The molecule has 1 unspecified atom stereocenters. The Labute approximate surface area is 178 Å². The van der Waals surface area contributed by atoms with Crippen molar-refractivity contribution in [2.24, 2.45) is 0 Å². The van der Waals surface area contributed by atoms with E-state index in [1.807, 2.05) is 29.3 Å². The number of hydrogen-bond donors (Lipinski definition) is 0. The number of rotatable bonds is 5. The Morgan fingerprint density at radius 2 is 1.93 bits per heavy atom. The summed E-state index contributed by atoms with van der Waals surface area (Å²) in [5.41, 5.74) is 5.02. The third-order valence-corrected chi connectivity index (χ3v) is 6.42. The topological polar surface area (TPSA) is 66.2 Å². The number of amides is 1. The number of ether oxygens (including phenoxy) is 1. The number of piperazine rings is 1. The predicted molar refractivity (Wildman–Crippen MR) is 116 cm³/mol. The summed E-state index contributed by atoms with van der Waals surface area (Å²) in [6.07, 6.45) is 1.30. The molecule has 2 saturated heterocycles. The van der Waals surface area contributed by atoms with Crippen LogP contribution in [0.15, 0.2) is 6.07 Å².